The summed E-state index contributed by atoms with van der Waals surface area (Å²) in [6, 6.07) is 5.18. The van der Waals surface area contributed by atoms with E-state index in [1.54, 1.807) is 18.2 Å². The molecule has 8 heteroatoms. The number of hydrogen-bond donors (Lipinski definition) is 0. The third-order valence-electron chi connectivity index (χ3n) is 2.45. The van der Waals surface area contributed by atoms with Crippen LogP contribution in [0.15, 0.2) is 18.2 Å². The summed E-state index contributed by atoms with van der Waals surface area (Å²) in [4.78, 5) is 11.4. The zero-order valence-electron chi connectivity index (χ0n) is 11.1. The molecule has 0 saturated heterocycles. The molecule has 20 heavy (non-hydrogen) atoms. The molecule has 0 radical (unpaired) electrons. The van der Waals surface area contributed by atoms with Gasteiger partial charge in [-0.3, -0.25) is 0 Å². The monoisotopic (exact) mass is 277 g/mol. The molecule has 0 amide bonds. The van der Waals surface area contributed by atoms with E-state index in [-0.39, 0.29) is 0 Å². The number of aliphatic carboxylic acids is 1. The number of carbonyl (C=O) groups excluding carboxylic acids is 1. The van der Waals surface area contributed by atoms with Crippen molar-refractivity contribution < 1.29 is 19.4 Å². The van der Waals surface area contributed by atoms with Gasteiger partial charge in [-0.15, -0.1) is 10.2 Å². The Hall–Kier alpha value is -2.64. The van der Waals surface area contributed by atoms with Crippen molar-refractivity contribution in [3.05, 3.63) is 18.2 Å². The number of benzene rings is 1. The SMILES string of the molecule is CCOc1ccc(-c2nnn(CC(=O)[O-])n2)cc1OC. The Balaban J connectivity index is 2.28. The van der Waals surface area contributed by atoms with Crippen LogP contribution in [0.4, 0.5) is 0 Å². The number of tetrazole rings is 1. The fourth-order valence-corrected chi connectivity index (χ4v) is 1.62. The lowest BCUT2D eigenvalue weighted by molar-refractivity contribution is -0.307. The minimum Gasteiger partial charge on any atom is -0.548 e. The molecule has 0 fully saturated rings. The van der Waals surface area contributed by atoms with Crippen LogP contribution in [-0.4, -0.2) is 39.9 Å². The van der Waals surface area contributed by atoms with Crippen LogP contribution >= 0.6 is 0 Å². The Morgan fingerprint density at radius 1 is 1.40 bits per heavy atom. The van der Waals surface area contributed by atoms with Gasteiger partial charge in [0.1, 0.15) is 6.54 Å². The minimum atomic E-state index is -1.28. The Kier molecular flexibility index (Phi) is 4.14. The predicted molar refractivity (Wildman–Crippen MR) is 66.0 cm³/mol. The van der Waals surface area contributed by atoms with E-state index in [2.05, 4.69) is 15.4 Å². The molecule has 0 aliphatic rings. The molecule has 2 aromatic rings. The minimum absolute atomic E-state index is 0.299. The lowest BCUT2D eigenvalue weighted by atomic mass is 10.2. The summed E-state index contributed by atoms with van der Waals surface area (Å²) in [5.41, 5.74) is 0.648. The van der Waals surface area contributed by atoms with Gasteiger partial charge in [0.05, 0.1) is 19.7 Å². The van der Waals surface area contributed by atoms with Crippen LogP contribution in [0.3, 0.4) is 0 Å². The molecule has 1 heterocycles. The van der Waals surface area contributed by atoms with Gasteiger partial charge in [0, 0.05) is 5.56 Å². The van der Waals surface area contributed by atoms with Crippen molar-refractivity contribution >= 4 is 5.97 Å². The van der Waals surface area contributed by atoms with Gasteiger partial charge in [-0.05, 0) is 30.3 Å². The van der Waals surface area contributed by atoms with Crippen molar-refractivity contribution in [3.8, 4) is 22.9 Å². The second kappa shape index (κ2) is 6.00. The number of carbonyl (C=O) groups is 1. The fourth-order valence-electron chi connectivity index (χ4n) is 1.62. The summed E-state index contributed by atoms with van der Waals surface area (Å²) >= 11 is 0. The molecule has 106 valence electrons. The first-order valence-corrected chi connectivity index (χ1v) is 5.93. The highest BCUT2D eigenvalue weighted by Gasteiger charge is 2.10. The lowest BCUT2D eigenvalue weighted by Gasteiger charge is -2.09. The van der Waals surface area contributed by atoms with Gasteiger partial charge >= 0.3 is 0 Å². The molecule has 0 unspecified atom stereocenters. The highest BCUT2D eigenvalue weighted by molar-refractivity contribution is 5.64. The fraction of sp³-hybridized carbons (Fsp3) is 0.333. The lowest BCUT2D eigenvalue weighted by Crippen LogP contribution is -2.28. The molecule has 0 aliphatic carbocycles. The third kappa shape index (κ3) is 3.02. The summed E-state index contributed by atoms with van der Waals surface area (Å²) in [7, 11) is 1.53. The average Bonchev–Trinajstić information content (AvgIpc) is 2.87. The Morgan fingerprint density at radius 3 is 2.85 bits per heavy atom. The first-order chi connectivity index (χ1) is 9.63. The average molecular weight is 277 g/mol. The normalized spacial score (nSPS) is 10.3. The largest absolute Gasteiger partial charge is 0.548 e. The number of ether oxygens (including phenoxy) is 2. The summed E-state index contributed by atoms with van der Waals surface area (Å²) in [6.07, 6.45) is 0. The zero-order valence-corrected chi connectivity index (χ0v) is 11.1. The predicted octanol–water partition coefficient (Wildman–Crippen LogP) is -0.503. The summed E-state index contributed by atoms with van der Waals surface area (Å²) in [5.74, 6) is 0.173. The summed E-state index contributed by atoms with van der Waals surface area (Å²) < 4.78 is 10.6. The van der Waals surface area contributed by atoms with Gasteiger partial charge in [-0.25, -0.2) is 0 Å². The number of rotatable bonds is 6. The number of nitrogens with zero attached hydrogens (tertiary/aromatic N) is 4. The van der Waals surface area contributed by atoms with Gasteiger partial charge in [-0.2, -0.15) is 4.80 Å². The van der Waals surface area contributed by atoms with Crippen molar-refractivity contribution in [3.63, 3.8) is 0 Å². The van der Waals surface area contributed by atoms with Crippen molar-refractivity contribution in [2.45, 2.75) is 13.5 Å². The topological polar surface area (TPSA) is 102 Å². The Bertz CT molecular complexity index is 611. The molecule has 0 N–H and O–H groups in total. The van der Waals surface area contributed by atoms with Crippen molar-refractivity contribution in [2.24, 2.45) is 0 Å². The van der Waals surface area contributed by atoms with E-state index in [1.807, 2.05) is 6.92 Å². The van der Waals surface area contributed by atoms with E-state index in [0.29, 0.717) is 29.5 Å². The number of carboxylic acid groups (broad SMARTS) is 1. The second-order valence-corrected chi connectivity index (χ2v) is 3.81. The van der Waals surface area contributed by atoms with E-state index >= 15 is 0 Å². The van der Waals surface area contributed by atoms with Gasteiger partial charge in [-0.1, -0.05) is 0 Å². The Labute approximate surface area is 114 Å². The van der Waals surface area contributed by atoms with Gasteiger partial charge < -0.3 is 19.4 Å². The maximum Gasteiger partial charge on any atom is 0.205 e. The van der Waals surface area contributed by atoms with E-state index in [9.17, 15) is 9.90 Å². The molecule has 1 aromatic heterocycles. The smallest absolute Gasteiger partial charge is 0.205 e. The van der Waals surface area contributed by atoms with Crippen molar-refractivity contribution in [1.82, 2.24) is 20.2 Å². The molecule has 0 saturated carbocycles. The van der Waals surface area contributed by atoms with E-state index in [4.69, 9.17) is 9.47 Å². The van der Waals surface area contributed by atoms with Crippen LogP contribution in [-0.2, 0) is 11.3 Å². The maximum atomic E-state index is 10.5. The van der Waals surface area contributed by atoms with E-state index in [0.717, 1.165) is 4.80 Å². The number of carboxylic acids is 1. The molecular formula is C12H13N4O4-. The van der Waals surface area contributed by atoms with Crippen LogP contribution in [0.1, 0.15) is 6.92 Å². The van der Waals surface area contributed by atoms with Gasteiger partial charge in [0.15, 0.2) is 11.5 Å². The maximum absolute atomic E-state index is 10.5. The van der Waals surface area contributed by atoms with E-state index in [1.165, 1.54) is 7.11 Å². The molecule has 0 aliphatic heterocycles. The second-order valence-electron chi connectivity index (χ2n) is 3.81. The third-order valence-corrected chi connectivity index (χ3v) is 2.45. The van der Waals surface area contributed by atoms with E-state index < -0.39 is 12.5 Å². The summed E-state index contributed by atoms with van der Waals surface area (Å²) in [5, 5.41) is 21.8. The Morgan fingerprint density at radius 2 is 2.20 bits per heavy atom. The first-order valence-electron chi connectivity index (χ1n) is 5.93. The molecule has 8 nitrogen and oxygen atoms in total. The number of methoxy groups -OCH3 is 1. The molecule has 2 rings (SSSR count). The molecule has 0 spiro atoms. The van der Waals surface area contributed by atoms with Gasteiger partial charge in [0.25, 0.3) is 0 Å². The highest BCUT2D eigenvalue weighted by atomic mass is 16.5. The van der Waals surface area contributed by atoms with Crippen LogP contribution in [0.5, 0.6) is 11.5 Å². The molecular weight excluding hydrogens is 264 g/mol. The van der Waals surface area contributed by atoms with Crippen molar-refractivity contribution in [1.29, 1.82) is 0 Å². The van der Waals surface area contributed by atoms with Crippen LogP contribution in [0, 0.1) is 0 Å². The number of hydrogen-bond acceptors (Lipinski definition) is 7. The van der Waals surface area contributed by atoms with Crippen LogP contribution in [0.25, 0.3) is 11.4 Å². The number of aromatic nitrogens is 4. The molecule has 0 atom stereocenters. The molecule has 0 bridgehead atoms. The highest BCUT2D eigenvalue weighted by Crippen LogP contribution is 2.31. The zero-order chi connectivity index (χ0) is 14.5. The quantitative estimate of drug-likeness (QED) is 0.701. The molecule has 1 aromatic carbocycles. The van der Waals surface area contributed by atoms with Crippen molar-refractivity contribution in [2.75, 3.05) is 13.7 Å². The summed E-state index contributed by atoms with van der Waals surface area (Å²) in [6.45, 7) is 1.96. The standard InChI is InChI=1S/C12H14N4O4/c1-3-20-9-5-4-8(6-10(9)19-2)12-13-15-16(14-12)7-11(17)18/h4-6H,3,7H2,1-2H3,(H,17,18)/p-1. The first kappa shape index (κ1) is 13.8. The van der Waals surface area contributed by atoms with Crippen LogP contribution in [0.2, 0.25) is 0 Å². The van der Waals surface area contributed by atoms with Crippen LogP contribution < -0.4 is 14.6 Å². The van der Waals surface area contributed by atoms with Gasteiger partial charge in [0.2, 0.25) is 5.82 Å².